The van der Waals surface area contributed by atoms with Gasteiger partial charge in [0, 0.05) is 7.05 Å². The molecule has 8 heteroatoms. The van der Waals surface area contributed by atoms with Crippen LogP contribution in [0.1, 0.15) is 16.2 Å². The van der Waals surface area contributed by atoms with Gasteiger partial charge in [-0.05, 0) is 12.1 Å². The van der Waals surface area contributed by atoms with Crippen molar-refractivity contribution in [2.24, 2.45) is 7.05 Å². The standard InChI is InChI=1S/C11H10N6O2/c1-16-6-12-9(14-16)5-17-8-4-2-3-7(11(18)19)10(8)13-15-17/h2-4,6H,5H2,1H3,(H,18,19). The lowest BCUT2D eigenvalue weighted by Gasteiger charge is -1.99. The van der Waals surface area contributed by atoms with Gasteiger partial charge in [0.25, 0.3) is 0 Å². The van der Waals surface area contributed by atoms with Gasteiger partial charge in [-0.25, -0.2) is 14.5 Å². The summed E-state index contributed by atoms with van der Waals surface area (Å²) >= 11 is 0. The molecule has 1 N–H and O–H groups in total. The average Bonchev–Trinajstić information content (AvgIpc) is 2.97. The van der Waals surface area contributed by atoms with E-state index in [0.29, 0.717) is 23.4 Å². The Morgan fingerprint density at radius 2 is 2.26 bits per heavy atom. The number of hydrogen-bond donors (Lipinski definition) is 1. The summed E-state index contributed by atoms with van der Waals surface area (Å²) in [6.07, 6.45) is 1.59. The van der Waals surface area contributed by atoms with Crippen LogP contribution < -0.4 is 0 Å². The highest BCUT2D eigenvalue weighted by Gasteiger charge is 2.14. The Kier molecular flexibility index (Phi) is 2.48. The number of rotatable bonds is 3. The highest BCUT2D eigenvalue weighted by atomic mass is 16.4. The molecule has 0 aliphatic heterocycles. The van der Waals surface area contributed by atoms with E-state index >= 15 is 0 Å². The van der Waals surface area contributed by atoms with Crippen LogP contribution in [0.3, 0.4) is 0 Å². The van der Waals surface area contributed by atoms with E-state index in [4.69, 9.17) is 5.11 Å². The molecule has 0 atom stereocenters. The van der Waals surface area contributed by atoms with Gasteiger partial charge < -0.3 is 5.11 Å². The topological polar surface area (TPSA) is 98.7 Å². The van der Waals surface area contributed by atoms with E-state index in [1.165, 1.54) is 6.07 Å². The molecule has 96 valence electrons. The first-order chi connectivity index (χ1) is 9.15. The van der Waals surface area contributed by atoms with Gasteiger partial charge in [-0.1, -0.05) is 11.3 Å². The maximum Gasteiger partial charge on any atom is 0.338 e. The molecule has 0 saturated heterocycles. The van der Waals surface area contributed by atoms with Gasteiger partial charge in [0.05, 0.1) is 11.1 Å². The van der Waals surface area contributed by atoms with E-state index < -0.39 is 5.97 Å². The molecule has 8 nitrogen and oxygen atoms in total. The minimum absolute atomic E-state index is 0.137. The molecule has 0 fully saturated rings. The van der Waals surface area contributed by atoms with Crippen molar-refractivity contribution in [2.75, 3.05) is 0 Å². The fourth-order valence-electron chi connectivity index (χ4n) is 1.87. The molecule has 0 amide bonds. The number of aryl methyl sites for hydroxylation is 1. The minimum Gasteiger partial charge on any atom is -0.478 e. The number of nitrogens with zero attached hydrogens (tertiary/aromatic N) is 6. The van der Waals surface area contributed by atoms with Gasteiger partial charge in [-0.3, -0.25) is 4.68 Å². The van der Waals surface area contributed by atoms with Gasteiger partial charge in [0.1, 0.15) is 18.4 Å². The number of aromatic carboxylic acids is 1. The van der Waals surface area contributed by atoms with Crippen molar-refractivity contribution < 1.29 is 9.90 Å². The van der Waals surface area contributed by atoms with Gasteiger partial charge in [0.2, 0.25) is 0 Å². The number of benzene rings is 1. The predicted octanol–water partition coefficient (Wildman–Crippen LogP) is 0.306. The summed E-state index contributed by atoms with van der Waals surface area (Å²) in [6, 6.07) is 4.94. The number of carboxylic acids is 1. The maximum absolute atomic E-state index is 11.1. The second-order valence-electron chi connectivity index (χ2n) is 4.06. The largest absolute Gasteiger partial charge is 0.478 e. The van der Waals surface area contributed by atoms with Crippen LogP contribution in [0.15, 0.2) is 24.5 Å². The molecule has 2 heterocycles. The van der Waals surface area contributed by atoms with Crippen LogP contribution in [0.25, 0.3) is 11.0 Å². The second-order valence-corrected chi connectivity index (χ2v) is 4.06. The SMILES string of the molecule is Cn1cnc(Cn2nnc3c(C(=O)O)cccc32)n1. The van der Waals surface area contributed by atoms with Gasteiger partial charge in [-0.15, -0.1) is 5.10 Å². The van der Waals surface area contributed by atoms with Crippen molar-refractivity contribution >= 4 is 17.0 Å². The number of aromatic nitrogens is 6. The van der Waals surface area contributed by atoms with Crippen LogP contribution in [-0.2, 0) is 13.6 Å². The first kappa shape index (κ1) is 11.3. The summed E-state index contributed by atoms with van der Waals surface area (Å²) < 4.78 is 3.17. The summed E-state index contributed by atoms with van der Waals surface area (Å²) in [6.45, 7) is 0.348. The Morgan fingerprint density at radius 3 is 2.95 bits per heavy atom. The molecular formula is C11H10N6O2. The highest BCUT2D eigenvalue weighted by molar-refractivity contribution is 6.00. The Morgan fingerprint density at radius 1 is 1.42 bits per heavy atom. The quantitative estimate of drug-likeness (QED) is 0.725. The maximum atomic E-state index is 11.1. The van der Waals surface area contributed by atoms with Crippen LogP contribution in [0.4, 0.5) is 0 Å². The summed E-state index contributed by atoms with van der Waals surface area (Å²) in [5.41, 5.74) is 1.15. The molecule has 0 spiro atoms. The normalized spacial score (nSPS) is 11.0. The molecule has 0 radical (unpaired) electrons. The zero-order valence-corrected chi connectivity index (χ0v) is 10.1. The first-order valence-corrected chi connectivity index (χ1v) is 5.55. The van der Waals surface area contributed by atoms with Crippen LogP contribution in [-0.4, -0.2) is 40.8 Å². The Bertz CT molecular complexity index is 759. The number of hydrogen-bond acceptors (Lipinski definition) is 5. The molecule has 0 saturated carbocycles. The Balaban J connectivity index is 2.06. The molecule has 1 aromatic carbocycles. The molecule has 3 aromatic rings. The molecule has 0 aliphatic rings. The lowest BCUT2D eigenvalue weighted by atomic mass is 10.2. The molecule has 2 aromatic heterocycles. The van der Waals surface area contributed by atoms with E-state index in [1.807, 2.05) is 0 Å². The minimum atomic E-state index is -1.02. The zero-order valence-electron chi connectivity index (χ0n) is 10.1. The van der Waals surface area contributed by atoms with E-state index in [-0.39, 0.29) is 5.56 Å². The fraction of sp³-hybridized carbons (Fsp3) is 0.182. The zero-order chi connectivity index (χ0) is 13.4. The highest BCUT2D eigenvalue weighted by Crippen LogP contribution is 2.16. The molecule has 3 rings (SSSR count). The fourth-order valence-corrected chi connectivity index (χ4v) is 1.87. The summed E-state index contributed by atoms with van der Waals surface area (Å²) in [7, 11) is 1.78. The van der Waals surface area contributed by atoms with Crippen molar-refractivity contribution in [2.45, 2.75) is 6.54 Å². The number of fused-ring (bicyclic) bond motifs is 1. The summed E-state index contributed by atoms with van der Waals surface area (Å²) in [4.78, 5) is 15.2. The molecule has 0 unspecified atom stereocenters. The van der Waals surface area contributed by atoms with Crippen molar-refractivity contribution in [1.82, 2.24) is 29.8 Å². The summed E-state index contributed by atoms with van der Waals surface area (Å²) in [5, 5.41) is 21.1. The van der Waals surface area contributed by atoms with Gasteiger partial charge in [-0.2, -0.15) is 5.10 Å². The van der Waals surface area contributed by atoms with E-state index in [2.05, 4.69) is 20.4 Å². The van der Waals surface area contributed by atoms with E-state index in [9.17, 15) is 4.79 Å². The third kappa shape index (κ3) is 1.92. The first-order valence-electron chi connectivity index (χ1n) is 5.55. The predicted molar refractivity (Wildman–Crippen MR) is 64.6 cm³/mol. The monoisotopic (exact) mass is 258 g/mol. The van der Waals surface area contributed by atoms with Gasteiger partial charge >= 0.3 is 5.97 Å². The lowest BCUT2D eigenvalue weighted by molar-refractivity contribution is 0.0699. The Labute approximate surface area is 107 Å². The van der Waals surface area contributed by atoms with E-state index in [0.717, 1.165) is 0 Å². The Hall–Kier alpha value is -2.77. The van der Waals surface area contributed by atoms with Crippen LogP contribution in [0.2, 0.25) is 0 Å². The lowest BCUT2D eigenvalue weighted by Crippen LogP contribution is -2.04. The molecule has 0 bridgehead atoms. The second kappa shape index (κ2) is 4.16. The van der Waals surface area contributed by atoms with E-state index in [1.54, 1.807) is 34.9 Å². The van der Waals surface area contributed by atoms with Crippen molar-refractivity contribution in [3.05, 3.63) is 35.9 Å². The van der Waals surface area contributed by atoms with Crippen LogP contribution in [0, 0.1) is 0 Å². The third-order valence-electron chi connectivity index (χ3n) is 2.71. The number of carbonyl (C=O) groups is 1. The van der Waals surface area contributed by atoms with Crippen LogP contribution in [0.5, 0.6) is 0 Å². The molecular weight excluding hydrogens is 248 g/mol. The molecule has 0 aliphatic carbocycles. The van der Waals surface area contributed by atoms with Crippen molar-refractivity contribution in [3.63, 3.8) is 0 Å². The average molecular weight is 258 g/mol. The van der Waals surface area contributed by atoms with Gasteiger partial charge in [0.15, 0.2) is 5.82 Å². The molecule has 19 heavy (non-hydrogen) atoms. The summed E-state index contributed by atoms with van der Waals surface area (Å²) in [5.74, 6) is -0.427. The van der Waals surface area contributed by atoms with Crippen molar-refractivity contribution in [3.8, 4) is 0 Å². The smallest absolute Gasteiger partial charge is 0.338 e. The van der Waals surface area contributed by atoms with Crippen LogP contribution >= 0.6 is 0 Å². The third-order valence-corrected chi connectivity index (χ3v) is 2.71. The van der Waals surface area contributed by atoms with Crippen molar-refractivity contribution in [1.29, 1.82) is 0 Å². The number of carboxylic acid groups (broad SMARTS) is 1.